The van der Waals surface area contributed by atoms with Gasteiger partial charge in [0.1, 0.15) is 5.75 Å². The molecule has 0 aliphatic carbocycles. The van der Waals surface area contributed by atoms with Crippen LogP contribution in [-0.2, 0) is 0 Å². The highest BCUT2D eigenvalue weighted by Gasteiger charge is 2.07. The van der Waals surface area contributed by atoms with E-state index in [1.165, 1.54) is 0 Å². The molecule has 3 nitrogen and oxygen atoms in total. The van der Waals surface area contributed by atoms with Gasteiger partial charge in [0, 0.05) is 8.59 Å². The van der Waals surface area contributed by atoms with Crippen molar-refractivity contribution in [2.45, 2.75) is 0 Å². The van der Waals surface area contributed by atoms with Gasteiger partial charge in [-0.3, -0.25) is 0 Å². The van der Waals surface area contributed by atoms with Crippen molar-refractivity contribution in [2.24, 2.45) is 0 Å². The maximum absolute atomic E-state index is 6.01. The van der Waals surface area contributed by atoms with Gasteiger partial charge < -0.3 is 15.8 Å². The zero-order valence-electron chi connectivity index (χ0n) is 9.71. The molecule has 0 bridgehead atoms. The van der Waals surface area contributed by atoms with Crippen LogP contribution in [0.25, 0.3) is 0 Å². The summed E-state index contributed by atoms with van der Waals surface area (Å²) in [4.78, 5) is 0. The molecule has 0 aliphatic rings. The molecule has 18 heavy (non-hydrogen) atoms. The molecule has 5 heteroatoms. The van der Waals surface area contributed by atoms with Crippen LogP contribution in [-0.4, -0.2) is 7.11 Å². The van der Waals surface area contributed by atoms with Gasteiger partial charge in [-0.2, -0.15) is 0 Å². The lowest BCUT2D eigenvalue weighted by molar-refractivity contribution is 0.417. The molecule has 0 atom stereocenters. The zero-order chi connectivity index (χ0) is 13.1. The second kappa shape index (κ2) is 5.67. The van der Waals surface area contributed by atoms with Crippen LogP contribution in [0.4, 0.5) is 17.1 Å². The van der Waals surface area contributed by atoms with Crippen molar-refractivity contribution in [1.29, 1.82) is 0 Å². The van der Waals surface area contributed by atoms with Crippen LogP contribution in [0, 0.1) is 3.57 Å². The van der Waals surface area contributed by atoms with Crippen LogP contribution in [0.2, 0.25) is 5.02 Å². The molecule has 3 N–H and O–H groups in total. The maximum Gasteiger partial charge on any atom is 0.143 e. The number of ether oxygens (including phenoxy) is 1. The molecular formula is C13H12ClIN2O. The van der Waals surface area contributed by atoms with Crippen molar-refractivity contribution in [2.75, 3.05) is 18.2 Å². The van der Waals surface area contributed by atoms with Gasteiger partial charge in [0.2, 0.25) is 0 Å². The smallest absolute Gasteiger partial charge is 0.143 e. The molecular weight excluding hydrogens is 363 g/mol. The Bertz CT molecular complexity index is 575. The Morgan fingerprint density at radius 2 is 2.00 bits per heavy atom. The highest BCUT2D eigenvalue weighted by molar-refractivity contribution is 14.1. The summed E-state index contributed by atoms with van der Waals surface area (Å²) in [5, 5.41) is 3.98. The highest BCUT2D eigenvalue weighted by atomic mass is 127. The van der Waals surface area contributed by atoms with Crippen molar-refractivity contribution < 1.29 is 4.74 Å². The average molecular weight is 375 g/mol. The second-order valence-electron chi connectivity index (χ2n) is 3.67. The molecule has 0 unspecified atom stereocenters. The topological polar surface area (TPSA) is 47.3 Å². The molecule has 2 aromatic rings. The van der Waals surface area contributed by atoms with Gasteiger partial charge in [-0.05, 0) is 52.9 Å². The Morgan fingerprint density at radius 3 is 2.67 bits per heavy atom. The van der Waals surface area contributed by atoms with Crippen LogP contribution < -0.4 is 15.8 Å². The number of para-hydroxylation sites is 1. The molecule has 0 aromatic heterocycles. The predicted octanol–water partition coefficient (Wildman–Crippen LogP) is 4.28. The molecule has 0 saturated heterocycles. The number of anilines is 3. The number of hydrogen-bond donors (Lipinski definition) is 2. The van der Waals surface area contributed by atoms with Crippen LogP contribution in [0.15, 0.2) is 36.4 Å². The van der Waals surface area contributed by atoms with Crippen LogP contribution in [0.5, 0.6) is 5.75 Å². The number of hydrogen-bond acceptors (Lipinski definition) is 3. The van der Waals surface area contributed by atoms with E-state index in [4.69, 9.17) is 22.1 Å². The molecule has 0 amide bonds. The van der Waals surface area contributed by atoms with Gasteiger partial charge in [-0.15, -0.1) is 0 Å². The Labute approximate surface area is 124 Å². The van der Waals surface area contributed by atoms with Gasteiger partial charge in [-0.1, -0.05) is 17.7 Å². The third kappa shape index (κ3) is 2.81. The number of nitrogens with two attached hydrogens (primary N) is 1. The van der Waals surface area contributed by atoms with E-state index in [1.54, 1.807) is 7.11 Å². The fourth-order valence-corrected chi connectivity index (χ4v) is 2.57. The minimum atomic E-state index is 0.589. The van der Waals surface area contributed by atoms with Crippen molar-refractivity contribution >= 4 is 51.3 Å². The fourth-order valence-electron chi connectivity index (χ4n) is 1.57. The van der Waals surface area contributed by atoms with Gasteiger partial charge in [0.15, 0.2) is 0 Å². The van der Waals surface area contributed by atoms with Crippen LogP contribution in [0.1, 0.15) is 0 Å². The summed E-state index contributed by atoms with van der Waals surface area (Å²) in [5.74, 6) is 0.656. The number of benzene rings is 2. The Balaban J connectivity index is 2.34. The van der Waals surface area contributed by atoms with E-state index < -0.39 is 0 Å². The first kappa shape index (κ1) is 13.3. The molecule has 94 valence electrons. The van der Waals surface area contributed by atoms with E-state index in [2.05, 4.69) is 27.9 Å². The third-order valence-electron chi connectivity index (χ3n) is 2.49. The lowest BCUT2D eigenvalue weighted by atomic mass is 10.2. The lowest BCUT2D eigenvalue weighted by Gasteiger charge is -2.13. The molecule has 2 aromatic carbocycles. The van der Waals surface area contributed by atoms with Crippen molar-refractivity contribution in [3.8, 4) is 5.75 Å². The van der Waals surface area contributed by atoms with Crippen LogP contribution in [0.3, 0.4) is 0 Å². The maximum atomic E-state index is 6.01. The van der Waals surface area contributed by atoms with E-state index in [1.807, 2.05) is 36.4 Å². The normalized spacial score (nSPS) is 10.2. The summed E-state index contributed by atoms with van der Waals surface area (Å²) in [7, 11) is 1.60. The quantitative estimate of drug-likeness (QED) is 0.623. The SMILES string of the molecule is COc1cccc(Nc2ccc(Cl)cc2I)c1N. The fraction of sp³-hybridized carbons (Fsp3) is 0.0769. The number of methoxy groups -OCH3 is 1. The molecule has 0 fully saturated rings. The van der Waals surface area contributed by atoms with Gasteiger partial charge in [0.25, 0.3) is 0 Å². The molecule has 0 aliphatic heterocycles. The van der Waals surface area contributed by atoms with Crippen molar-refractivity contribution in [1.82, 2.24) is 0 Å². The predicted molar refractivity (Wildman–Crippen MR) is 84.9 cm³/mol. The average Bonchev–Trinajstić information content (AvgIpc) is 2.35. The first-order valence-corrected chi connectivity index (χ1v) is 6.72. The molecule has 0 heterocycles. The Kier molecular flexibility index (Phi) is 4.19. The number of nitrogens with one attached hydrogen (secondary N) is 1. The summed E-state index contributed by atoms with van der Waals surface area (Å²) in [6, 6.07) is 11.3. The molecule has 0 radical (unpaired) electrons. The van der Waals surface area contributed by atoms with E-state index in [-0.39, 0.29) is 0 Å². The second-order valence-corrected chi connectivity index (χ2v) is 5.27. The van der Waals surface area contributed by atoms with Crippen LogP contribution >= 0.6 is 34.2 Å². The minimum Gasteiger partial charge on any atom is -0.495 e. The van der Waals surface area contributed by atoms with Gasteiger partial charge >= 0.3 is 0 Å². The number of nitrogen functional groups attached to an aromatic ring is 1. The zero-order valence-corrected chi connectivity index (χ0v) is 12.6. The largest absolute Gasteiger partial charge is 0.495 e. The Morgan fingerprint density at radius 1 is 1.22 bits per heavy atom. The molecule has 0 saturated carbocycles. The minimum absolute atomic E-state index is 0.589. The van der Waals surface area contributed by atoms with Crippen molar-refractivity contribution in [3.63, 3.8) is 0 Å². The van der Waals surface area contributed by atoms with E-state index >= 15 is 0 Å². The summed E-state index contributed by atoms with van der Waals surface area (Å²) in [6.45, 7) is 0. The number of halogens is 2. The summed E-state index contributed by atoms with van der Waals surface area (Å²) >= 11 is 8.15. The van der Waals surface area contributed by atoms with Crippen molar-refractivity contribution in [3.05, 3.63) is 45.0 Å². The van der Waals surface area contributed by atoms with E-state index in [0.29, 0.717) is 16.5 Å². The van der Waals surface area contributed by atoms with E-state index in [0.717, 1.165) is 14.9 Å². The van der Waals surface area contributed by atoms with E-state index in [9.17, 15) is 0 Å². The molecule has 2 rings (SSSR count). The standard InChI is InChI=1S/C13H12ClIN2O/c1-18-12-4-2-3-11(13(12)16)17-10-6-5-8(14)7-9(10)15/h2-7,17H,16H2,1H3. The monoisotopic (exact) mass is 374 g/mol. The Hall–Kier alpha value is -1.14. The first-order chi connectivity index (χ1) is 8.61. The first-order valence-electron chi connectivity index (χ1n) is 5.26. The lowest BCUT2D eigenvalue weighted by Crippen LogP contribution is -2.00. The number of rotatable bonds is 3. The summed E-state index contributed by atoms with van der Waals surface area (Å²) in [5.41, 5.74) is 8.37. The third-order valence-corrected chi connectivity index (χ3v) is 3.61. The summed E-state index contributed by atoms with van der Waals surface area (Å²) < 4.78 is 6.21. The van der Waals surface area contributed by atoms with Gasteiger partial charge in [0.05, 0.1) is 24.2 Å². The van der Waals surface area contributed by atoms with Gasteiger partial charge in [-0.25, -0.2) is 0 Å². The highest BCUT2D eigenvalue weighted by Crippen LogP contribution is 2.33. The molecule has 0 spiro atoms. The summed E-state index contributed by atoms with van der Waals surface area (Å²) in [6.07, 6.45) is 0.